The fourth-order valence-electron chi connectivity index (χ4n) is 1.74. The van der Waals surface area contributed by atoms with E-state index in [1.807, 2.05) is 64.1 Å². The summed E-state index contributed by atoms with van der Waals surface area (Å²) in [6.45, 7) is 11.2. The highest BCUT2D eigenvalue weighted by atomic mass is 32.2. The molecular formula is C16H25O3PS. The molecule has 0 N–H and O–H groups in total. The van der Waals surface area contributed by atoms with E-state index in [2.05, 4.69) is 6.58 Å². The van der Waals surface area contributed by atoms with E-state index < -0.39 is 7.94 Å². The Hall–Kier alpha value is -0.510. The van der Waals surface area contributed by atoms with Gasteiger partial charge in [0.1, 0.15) is 5.11 Å². The van der Waals surface area contributed by atoms with Crippen molar-refractivity contribution in [2.45, 2.75) is 44.8 Å². The SMILES string of the molecule is C=CCS(=C[P+]([O-])(OC(C)C)OC(C)C)c1ccccc1. The maximum atomic E-state index is 13.0. The van der Waals surface area contributed by atoms with Gasteiger partial charge in [-0.2, -0.15) is 0 Å². The van der Waals surface area contributed by atoms with Crippen molar-refractivity contribution in [3.63, 3.8) is 0 Å². The Morgan fingerprint density at radius 1 is 1.14 bits per heavy atom. The summed E-state index contributed by atoms with van der Waals surface area (Å²) in [6, 6.07) is 9.97. The average Bonchev–Trinajstić information content (AvgIpc) is 2.37. The highest BCUT2D eigenvalue weighted by Crippen LogP contribution is 2.55. The fraction of sp³-hybridized carbons (Fsp3) is 0.438. The van der Waals surface area contributed by atoms with Crippen molar-refractivity contribution in [2.24, 2.45) is 0 Å². The lowest BCUT2D eigenvalue weighted by Gasteiger charge is -2.28. The number of hydrogen-bond donors (Lipinski definition) is 0. The van der Waals surface area contributed by atoms with Crippen molar-refractivity contribution in [3.05, 3.63) is 43.0 Å². The first-order valence-electron chi connectivity index (χ1n) is 7.04. The molecule has 0 saturated heterocycles. The fourth-order valence-corrected chi connectivity index (χ4v) is 6.39. The molecule has 0 spiro atoms. The first-order valence-corrected chi connectivity index (χ1v) is 10.1. The average molecular weight is 328 g/mol. The van der Waals surface area contributed by atoms with Crippen molar-refractivity contribution >= 4 is 23.5 Å². The van der Waals surface area contributed by atoms with Crippen molar-refractivity contribution in [1.82, 2.24) is 0 Å². The molecule has 0 amide bonds. The molecule has 118 valence electrons. The predicted octanol–water partition coefficient (Wildman–Crippen LogP) is 4.23. The third kappa shape index (κ3) is 6.86. The smallest absolute Gasteiger partial charge is 0.270 e. The predicted molar refractivity (Wildman–Crippen MR) is 92.8 cm³/mol. The second-order valence-corrected chi connectivity index (χ2v) is 9.16. The van der Waals surface area contributed by atoms with Crippen LogP contribution in [0.2, 0.25) is 0 Å². The molecule has 3 nitrogen and oxygen atoms in total. The minimum atomic E-state index is -3.24. The molecule has 0 aromatic heterocycles. The van der Waals surface area contributed by atoms with E-state index in [-0.39, 0.29) is 22.7 Å². The summed E-state index contributed by atoms with van der Waals surface area (Å²) in [5.41, 5.74) is 0. The molecule has 1 unspecified atom stereocenters. The van der Waals surface area contributed by atoms with E-state index in [1.54, 1.807) is 5.11 Å². The molecule has 5 heteroatoms. The van der Waals surface area contributed by atoms with Crippen LogP contribution in [0.4, 0.5) is 0 Å². The molecule has 0 saturated carbocycles. The summed E-state index contributed by atoms with van der Waals surface area (Å²) in [7, 11) is -3.59. The Morgan fingerprint density at radius 3 is 2.10 bits per heavy atom. The minimum Gasteiger partial charge on any atom is -0.627 e. The molecule has 0 aliphatic rings. The van der Waals surface area contributed by atoms with Crippen LogP contribution in [0.25, 0.3) is 0 Å². The van der Waals surface area contributed by atoms with Gasteiger partial charge in [-0.3, -0.25) is 0 Å². The summed E-state index contributed by atoms with van der Waals surface area (Å²) in [4.78, 5) is 14.1. The lowest BCUT2D eigenvalue weighted by atomic mass is 10.4. The van der Waals surface area contributed by atoms with Gasteiger partial charge >= 0.3 is 0 Å². The molecule has 0 heterocycles. The van der Waals surface area contributed by atoms with Crippen LogP contribution in [0.15, 0.2) is 47.9 Å². The van der Waals surface area contributed by atoms with Crippen LogP contribution in [0.3, 0.4) is 0 Å². The van der Waals surface area contributed by atoms with Gasteiger partial charge in [-0.1, -0.05) is 24.3 Å². The van der Waals surface area contributed by atoms with Crippen molar-refractivity contribution < 1.29 is 13.9 Å². The van der Waals surface area contributed by atoms with Gasteiger partial charge in [0.2, 0.25) is 0 Å². The lowest BCUT2D eigenvalue weighted by molar-refractivity contribution is -0.217. The minimum absolute atomic E-state index is 0.157. The molecule has 0 radical (unpaired) electrons. The molecule has 21 heavy (non-hydrogen) atoms. The van der Waals surface area contributed by atoms with Crippen LogP contribution in [-0.2, 0) is 9.05 Å². The first kappa shape index (κ1) is 18.5. The van der Waals surface area contributed by atoms with Crippen molar-refractivity contribution in [2.75, 3.05) is 5.75 Å². The van der Waals surface area contributed by atoms with Gasteiger partial charge in [0.25, 0.3) is 7.94 Å². The van der Waals surface area contributed by atoms with Gasteiger partial charge in [-0.05, 0) is 39.8 Å². The van der Waals surface area contributed by atoms with Crippen LogP contribution in [0, 0.1) is 0 Å². The number of hydrogen-bond acceptors (Lipinski definition) is 3. The Balaban J connectivity index is 3.16. The topological polar surface area (TPSA) is 41.5 Å². The zero-order chi connectivity index (χ0) is 15.9. The van der Waals surface area contributed by atoms with E-state index >= 15 is 0 Å². The van der Waals surface area contributed by atoms with Crippen molar-refractivity contribution in [3.8, 4) is 0 Å². The monoisotopic (exact) mass is 328 g/mol. The standard InChI is InChI=1S/C16H25O3PS/c1-6-12-21(16-10-8-7-9-11-16)13-20(17,18-14(2)3)19-15(4)5/h6-11,13-15H,1,12H2,2-5H3. The molecule has 1 rings (SSSR count). The third-order valence-electron chi connectivity index (χ3n) is 2.32. The zero-order valence-electron chi connectivity index (χ0n) is 13.2. The van der Waals surface area contributed by atoms with E-state index in [4.69, 9.17) is 9.05 Å². The number of benzene rings is 1. The highest BCUT2D eigenvalue weighted by molar-refractivity contribution is 8.22. The van der Waals surface area contributed by atoms with E-state index in [9.17, 15) is 4.89 Å². The molecule has 0 bridgehead atoms. The van der Waals surface area contributed by atoms with Crippen LogP contribution in [0.1, 0.15) is 27.7 Å². The molecule has 0 aliphatic heterocycles. The van der Waals surface area contributed by atoms with Crippen LogP contribution in [0.5, 0.6) is 0 Å². The summed E-state index contributed by atoms with van der Waals surface area (Å²) < 4.78 is 11.2. The number of rotatable bonds is 8. The van der Waals surface area contributed by atoms with Gasteiger partial charge in [-0.25, -0.2) is 9.05 Å². The van der Waals surface area contributed by atoms with Crippen LogP contribution < -0.4 is 4.89 Å². The highest BCUT2D eigenvalue weighted by Gasteiger charge is 2.31. The molecule has 0 fully saturated rings. The summed E-state index contributed by atoms with van der Waals surface area (Å²) >= 11 is 0. The molecule has 0 aliphatic carbocycles. The summed E-state index contributed by atoms with van der Waals surface area (Å²) in [6.07, 6.45) is 1.52. The Bertz CT molecular complexity index is 462. The first-order chi connectivity index (χ1) is 9.86. The van der Waals surface area contributed by atoms with E-state index in [0.717, 1.165) is 10.6 Å². The molecular weight excluding hydrogens is 303 g/mol. The second kappa shape index (κ2) is 8.82. The van der Waals surface area contributed by atoms with Gasteiger partial charge in [0.05, 0.1) is 12.2 Å². The van der Waals surface area contributed by atoms with Crippen LogP contribution >= 0.6 is 18.4 Å². The Labute approximate surface area is 131 Å². The molecule has 1 atom stereocenters. The van der Waals surface area contributed by atoms with E-state index in [0.29, 0.717) is 0 Å². The van der Waals surface area contributed by atoms with Crippen LogP contribution in [-0.4, -0.2) is 23.1 Å². The van der Waals surface area contributed by atoms with Gasteiger partial charge in [0.15, 0.2) is 0 Å². The Morgan fingerprint density at radius 2 is 1.67 bits per heavy atom. The quantitative estimate of drug-likeness (QED) is 0.407. The second-order valence-electron chi connectivity index (χ2n) is 5.15. The molecule has 1 aromatic carbocycles. The summed E-state index contributed by atoms with van der Waals surface area (Å²) in [5.74, 6) is 0.719. The van der Waals surface area contributed by atoms with Gasteiger partial charge in [-0.15, -0.1) is 17.1 Å². The summed E-state index contributed by atoms with van der Waals surface area (Å²) in [5, 5.41) is 1.74. The third-order valence-corrected chi connectivity index (χ3v) is 7.27. The van der Waals surface area contributed by atoms with Crippen molar-refractivity contribution in [1.29, 1.82) is 0 Å². The molecule has 1 aromatic rings. The maximum absolute atomic E-state index is 13.0. The zero-order valence-corrected chi connectivity index (χ0v) is 14.9. The van der Waals surface area contributed by atoms with Gasteiger partial charge in [0, 0.05) is 10.6 Å². The largest absolute Gasteiger partial charge is 0.627 e. The van der Waals surface area contributed by atoms with Gasteiger partial charge < -0.3 is 4.89 Å². The normalized spacial score (nSPS) is 13.9. The van der Waals surface area contributed by atoms with E-state index in [1.165, 1.54) is 0 Å². The maximum Gasteiger partial charge on any atom is 0.270 e. The lowest BCUT2D eigenvalue weighted by Crippen LogP contribution is -2.23. The Kier molecular flexibility index (Phi) is 7.78.